The van der Waals surface area contributed by atoms with E-state index < -0.39 is 22.0 Å². The van der Waals surface area contributed by atoms with E-state index in [-0.39, 0.29) is 111 Å². The summed E-state index contributed by atoms with van der Waals surface area (Å²) in [6.45, 7) is 0. The summed E-state index contributed by atoms with van der Waals surface area (Å²) in [5.41, 5.74) is 0. The van der Waals surface area contributed by atoms with Crippen molar-refractivity contribution >= 4 is 91.1 Å². The maximum Gasteiger partial charge on any atom is 3.00 e. The second kappa shape index (κ2) is 36.3. The number of hydrogen-bond donors (Lipinski definition) is 0. The second-order valence-electron chi connectivity index (χ2n) is 0.866. The van der Waals surface area contributed by atoms with Crippen LogP contribution in [0.15, 0.2) is 0 Å². The Morgan fingerprint density at radius 2 is 0.375 bits per heavy atom. The number of rotatable bonds is 0. The Kier molecular flexibility index (Phi) is 96.8. The van der Waals surface area contributed by atoms with Crippen molar-refractivity contribution < 1.29 is 87.0 Å². The minimum Gasteiger partial charge on any atom is -0.907 e. The second-order valence-corrected chi connectivity index (χ2v) is 0.866. The predicted octanol–water partition coefficient (Wildman–Crippen LogP) is -13.0. The van der Waals surface area contributed by atoms with Crippen LogP contribution >= 0.6 is 0 Å². The van der Waals surface area contributed by atoms with E-state index in [0.717, 1.165) is 0 Å². The number of hydrogen-bond acceptors (Lipinski definition) is 9. The van der Waals surface area contributed by atoms with Crippen LogP contribution in [-0.2, 0) is 0 Å². The molecule has 0 aliphatic rings. The monoisotopic (exact) mass is 389 g/mol. The van der Waals surface area contributed by atoms with Gasteiger partial charge >= 0.3 is 111 Å². The van der Waals surface area contributed by atoms with E-state index in [1.165, 1.54) is 0 Å². The molecule has 0 spiro atoms. The molecule has 0 saturated heterocycles. The molecule has 0 heterocycles. The summed E-state index contributed by atoms with van der Waals surface area (Å²) in [6, 6.07) is 0. The van der Waals surface area contributed by atoms with Crippen molar-refractivity contribution in [2.24, 2.45) is 0 Å². The van der Waals surface area contributed by atoms with E-state index in [2.05, 4.69) is 0 Å². The van der Waals surface area contributed by atoms with Crippen molar-refractivity contribution in [2.75, 3.05) is 0 Å². The standard InChI is InChI=1S/3BO3.Ce.3Mg/c3*2-1(3)4;;;;/q3*-3;+3;3*+2. The molecule has 16 heavy (non-hydrogen) atoms. The van der Waals surface area contributed by atoms with Crippen LogP contribution in [0.1, 0.15) is 0 Å². The van der Waals surface area contributed by atoms with E-state index in [1.54, 1.807) is 0 Å². The van der Waals surface area contributed by atoms with Crippen molar-refractivity contribution in [2.45, 2.75) is 0 Å². The average molecular weight is 389 g/mol. The molecule has 0 unspecified atom stereocenters. The smallest absolute Gasteiger partial charge is 0.907 e. The topological polar surface area (TPSA) is 208 Å². The van der Waals surface area contributed by atoms with Gasteiger partial charge in [-0.2, -0.15) is 0 Å². The van der Waals surface area contributed by atoms with Gasteiger partial charge in [-0.3, -0.25) is 22.0 Å². The summed E-state index contributed by atoms with van der Waals surface area (Å²) in [5, 5.41) is 75.8. The molecule has 0 aromatic rings. The van der Waals surface area contributed by atoms with Gasteiger partial charge in [0.2, 0.25) is 0 Å². The molecule has 0 amide bonds. The molecule has 0 rings (SSSR count). The molecule has 0 N–H and O–H groups in total. The zero-order valence-corrected chi connectivity index (χ0v) is 15.4. The summed E-state index contributed by atoms with van der Waals surface area (Å²) in [5.74, 6) is 0. The summed E-state index contributed by atoms with van der Waals surface area (Å²) < 4.78 is 0. The van der Waals surface area contributed by atoms with E-state index in [1.807, 2.05) is 0 Å². The fourth-order valence-corrected chi connectivity index (χ4v) is 0. The zero-order valence-electron chi connectivity index (χ0n) is 8.03. The minimum absolute atomic E-state index is 0. The van der Waals surface area contributed by atoms with E-state index >= 15 is 0 Å². The van der Waals surface area contributed by atoms with E-state index in [4.69, 9.17) is 45.2 Å². The molecule has 0 fully saturated rings. The van der Waals surface area contributed by atoms with Gasteiger partial charge in [-0.25, -0.2) is 0 Å². The van der Waals surface area contributed by atoms with Crippen molar-refractivity contribution in [3.8, 4) is 0 Å². The molecule has 0 aromatic heterocycles. The normalized spacial score (nSPS) is 5.06. The quantitative estimate of drug-likeness (QED) is 0.359. The first-order valence-corrected chi connectivity index (χ1v) is 2.12. The maximum atomic E-state index is 8.42. The molecule has 73 valence electrons. The summed E-state index contributed by atoms with van der Waals surface area (Å²) in [4.78, 5) is 0. The molecule has 0 bridgehead atoms. The largest absolute Gasteiger partial charge is 3.00 e. The van der Waals surface area contributed by atoms with Gasteiger partial charge < -0.3 is 45.2 Å². The fraction of sp³-hybridized carbons (Fsp3) is 0. The molecular formula is B3CeMg3O9. The molecular weight excluding hydrogens is 389 g/mol. The van der Waals surface area contributed by atoms with Crippen LogP contribution in [0.5, 0.6) is 0 Å². The van der Waals surface area contributed by atoms with Crippen molar-refractivity contribution in [3.63, 3.8) is 0 Å². The van der Waals surface area contributed by atoms with Crippen LogP contribution in [0.4, 0.5) is 0 Å². The van der Waals surface area contributed by atoms with Crippen LogP contribution < -0.4 is 45.2 Å². The molecule has 16 heteroatoms. The van der Waals surface area contributed by atoms with Crippen LogP contribution in [0.2, 0.25) is 0 Å². The molecule has 9 nitrogen and oxygen atoms in total. The molecule has 0 aliphatic heterocycles. The predicted molar refractivity (Wildman–Crippen MR) is 34.5 cm³/mol. The third-order valence-corrected chi connectivity index (χ3v) is 0. The van der Waals surface area contributed by atoms with E-state index in [0.29, 0.717) is 0 Å². The van der Waals surface area contributed by atoms with Gasteiger partial charge in [-0.05, 0) is 0 Å². The minimum atomic E-state index is -2.92. The Balaban J connectivity index is -0.0000000135. The third kappa shape index (κ3) is 387. The van der Waals surface area contributed by atoms with Gasteiger partial charge in [0, 0.05) is 0 Å². The first-order valence-electron chi connectivity index (χ1n) is 2.12. The first kappa shape index (κ1) is 42.7. The Labute approximate surface area is 175 Å². The first-order chi connectivity index (χ1) is 5.20. The van der Waals surface area contributed by atoms with E-state index in [9.17, 15) is 0 Å². The SMILES string of the molecule is [Ce+3].[Mg+2].[Mg+2].[Mg+2].[O-]B([O-])[O-].[O-]B([O-])[O-].[O-]B([O-])[O-]. The Morgan fingerprint density at radius 3 is 0.375 bits per heavy atom. The van der Waals surface area contributed by atoms with Crippen LogP contribution in [0.3, 0.4) is 0 Å². The van der Waals surface area contributed by atoms with Gasteiger partial charge in [0.15, 0.2) is 0 Å². The van der Waals surface area contributed by atoms with Gasteiger partial charge in [0.1, 0.15) is 0 Å². The molecule has 1 radical (unpaired) electrons. The molecule has 0 aromatic carbocycles. The fourth-order valence-electron chi connectivity index (χ4n) is 0. The maximum absolute atomic E-state index is 8.42. The van der Waals surface area contributed by atoms with Gasteiger partial charge in [-0.1, -0.05) is 0 Å². The van der Waals surface area contributed by atoms with Crippen molar-refractivity contribution in [3.05, 3.63) is 0 Å². The third-order valence-electron chi connectivity index (χ3n) is 0. The molecule has 0 aliphatic carbocycles. The summed E-state index contributed by atoms with van der Waals surface area (Å²) in [6.07, 6.45) is 0. The molecule has 0 saturated carbocycles. The van der Waals surface area contributed by atoms with Gasteiger partial charge in [0.05, 0.1) is 0 Å². The Morgan fingerprint density at radius 1 is 0.375 bits per heavy atom. The van der Waals surface area contributed by atoms with Crippen molar-refractivity contribution in [1.29, 1.82) is 0 Å². The summed E-state index contributed by atoms with van der Waals surface area (Å²) in [7, 11) is -8.75. The van der Waals surface area contributed by atoms with Crippen molar-refractivity contribution in [1.82, 2.24) is 0 Å². The van der Waals surface area contributed by atoms with Crippen LogP contribution in [0, 0.1) is 41.7 Å². The molecule has 0 atom stereocenters. The zero-order chi connectivity index (χ0) is 10.7. The average Bonchev–Trinajstić information content (AvgIpc) is 1.54. The van der Waals surface area contributed by atoms with Crippen LogP contribution in [-0.4, -0.2) is 91.1 Å². The summed E-state index contributed by atoms with van der Waals surface area (Å²) >= 11 is 0. The Bertz CT molecular complexity index is 54.5. The van der Waals surface area contributed by atoms with Crippen LogP contribution in [0.25, 0.3) is 0 Å². The van der Waals surface area contributed by atoms with Gasteiger partial charge in [0.25, 0.3) is 0 Å². The van der Waals surface area contributed by atoms with Gasteiger partial charge in [-0.15, -0.1) is 0 Å². The Hall–Kier alpha value is 3.51.